The Balaban J connectivity index is -0.00000000140. The molecule has 56 heavy (non-hydrogen) atoms. The Kier molecular flexibility index (Phi) is 3660. The molecule has 0 aromatic heterocycles. The zero-order valence-electron chi connectivity index (χ0n) is 26.3. The van der Waals surface area contributed by atoms with Crippen molar-refractivity contribution in [2.45, 2.75) is 0 Å². The van der Waals surface area contributed by atoms with E-state index in [2.05, 4.69) is 22.9 Å². The van der Waals surface area contributed by atoms with Crippen LogP contribution in [-0.4, -0.2) is 32.9 Å². The van der Waals surface area contributed by atoms with E-state index in [1.54, 1.807) is 0 Å². The molecule has 44 heteroatoms. The van der Waals surface area contributed by atoms with Crippen molar-refractivity contribution in [1.82, 2.24) is 0 Å². The zero-order chi connectivity index (χ0) is 12.0. The fraction of sp³-hybridized carbons (Fsp3) is 0. The molecule has 388 valence electrons. The van der Waals surface area contributed by atoms with Crippen LogP contribution in [-0.2, 0) is 311 Å². The summed E-state index contributed by atoms with van der Waals surface area (Å²) >= 11 is 0. The van der Waals surface area contributed by atoms with Gasteiger partial charge in [0.2, 0.25) is 0 Å². The summed E-state index contributed by atoms with van der Waals surface area (Å²) < 4.78 is 0. The van der Waals surface area contributed by atoms with Crippen LogP contribution in [0.2, 0.25) is 0 Å². The Morgan fingerprint density at radius 1 is 0.161 bits per heavy atom. The minimum Gasteiger partial charge on any atom is -2.00 e. The van der Waals surface area contributed by atoms with Gasteiger partial charge in [0.25, 0.3) is 0 Å². The maximum atomic E-state index is 3.73. The van der Waals surface area contributed by atoms with Gasteiger partial charge in [-0.05, 0) is 0 Å². The number of quaternary nitrogens is 4. The molecule has 0 saturated heterocycles. The molecule has 0 fully saturated rings. The molecule has 0 spiro atoms. The SMILES string of the molecule is O.O.O.O.O.O.[Mo].[Mo].[Mo].[Mo].[Mo].[Mo].[Mo].[Mo].[NH3+]c1ccc([NH3+])cc1.[NH3+]c1ccc([NH3+])cc1.[O-2].[O-2].[O-2].[O-2].[O-2].[O-2].[O-2].[O-2].[O-2].[O-2].[O-2].[O-2].[O-2].[O-2].[O-2].[O-2].[O-2].[O-2].[O-2].[O-2].[O-2].[O-2].[O-2].[O-2].[O-2].[O-2]. The Morgan fingerprint density at radius 2 is 0.196 bits per heavy atom. The van der Waals surface area contributed by atoms with Gasteiger partial charge in [0.15, 0.2) is 0 Å². The van der Waals surface area contributed by atoms with E-state index >= 15 is 0 Å². The minimum absolute atomic E-state index is 0. The molecule has 36 nitrogen and oxygen atoms in total. The first-order valence-electron chi connectivity index (χ1n) is 5.06. The van der Waals surface area contributed by atoms with Crippen LogP contribution in [0, 0.1) is 0 Å². The van der Waals surface area contributed by atoms with Crippen molar-refractivity contribution in [3.8, 4) is 0 Å². The van der Waals surface area contributed by atoms with Crippen molar-refractivity contribution in [3.05, 3.63) is 48.5 Å². The summed E-state index contributed by atoms with van der Waals surface area (Å²) in [6, 6.07) is 15.6. The van der Waals surface area contributed by atoms with Crippen LogP contribution in [0.1, 0.15) is 0 Å². The third kappa shape index (κ3) is 344. The van der Waals surface area contributed by atoms with E-state index in [1.165, 1.54) is 0 Å². The third-order valence-corrected chi connectivity index (χ3v) is 2.05. The van der Waals surface area contributed by atoms with Crippen LogP contribution in [0.5, 0.6) is 0 Å². The Morgan fingerprint density at radius 3 is 0.232 bits per heavy atom. The predicted octanol–water partition coefficient (Wildman–Crippen LogP) is -9.19. The first-order valence-corrected chi connectivity index (χ1v) is 5.06. The molecular formula is C12H32Mo8N4O32-48. The van der Waals surface area contributed by atoms with Crippen LogP contribution in [0.15, 0.2) is 48.5 Å². The van der Waals surface area contributed by atoms with Gasteiger partial charge in [-0.1, -0.05) is 0 Å². The van der Waals surface area contributed by atoms with Crippen LogP contribution >= 0.6 is 0 Å². The molecule has 0 heterocycles. The van der Waals surface area contributed by atoms with E-state index in [0.29, 0.717) is 0 Å². The summed E-state index contributed by atoms with van der Waals surface area (Å²) in [4.78, 5) is 0. The molecule has 0 aliphatic carbocycles. The van der Waals surface area contributed by atoms with Crippen LogP contribution in [0.25, 0.3) is 0 Å². The quantitative estimate of drug-likeness (QED) is 0.179. The molecule has 2 aromatic rings. The van der Waals surface area contributed by atoms with Crippen LogP contribution in [0.4, 0.5) is 22.7 Å². The number of hydrogen-bond acceptors (Lipinski definition) is 0. The van der Waals surface area contributed by atoms with Gasteiger partial charge in [0, 0.05) is 217 Å². The third-order valence-electron chi connectivity index (χ3n) is 2.05. The largest absolute Gasteiger partial charge is 2.00 e. The van der Waals surface area contributed by atoms with Gasteiger partial charge in [0.1, 0.15) is 22.7 Å². The van der Waals surface area contributed by atoms with Gasteiger partial charge >= 0.3 is 0 Å². The minimum atomic E-state index is 0. The van der Waals surface area contributed by atoms with E-state index in [-0.39, 0.29) is 344 Å². The van der Waals surface area contributed by atoms with Crippen LogP contribution < -0.4 is 22.9 Å². The van der Waals surface area contributed by atoms with Crippen molar-refractivity contribution < 1.29 is 367 Å². The first kappa shape index (κ1) is 565. The fourth-order valence-electron chi connectivity index (χ4n) is 1.08. The monoisotopic (exact) mass is 1530 g/mol. The summed E-state index contributed by atoms with van der Waals surface area (Å²) in [7, 11) is 0. The summed E-state index contributed by atoms with van der Waals surface area (Å²) in [5, 5.41) is 0. The zero-order valence-corrected chi connectivity index (χ0v) is 42.4. The van der Waals surface area contributed by atoms with Crippen molar-refractivity contribution in [2.24, 2.45) is 0 Å². The van der Waals surface area contributed by atoms with E-state index in [4.69, 9.17) is 0 Å². The van der Waals surface area contributed by atoms with Gasteiger partial charge in [-0.3, -0.25) is 0 Å². The molecule has 0 unspecified atom stereocenters. The second-order valence-electron chi connectivity index (χ2n) is 3.63. The molecule has 2 aromatic carbocycles. The Bertz CT molecular complexity index is 411. The van der Waals surface area contributed by atoms with Gasteiger partial charge in [0.05, 0.1) is 0 Å². The number of hydrogen-bond donors (Lipinski definition) is 4. The summed E-state index contributed by atoms with van der Waals surface area (Å²) in [5.41, 5.74) is 19.1. The van der Waals surface area contributed by atoms with Crippen molar-refractivity contribution in [2.75, 3.05) is 0 Å². The van der Waals surface area contributed by atoms with Gasteiger partial charge in [-0.2, -0.15) is 0 Å². The molecule has 2 rings (SSSR count). The summed E-state index contributed by atoms with van der Waals surface area (Å²) in [6.45, 7) is 0. The Labute approximate surface area is 433 Å². The molecule has 0 bridgehead atoms. The number of rotatable bonds is 0. The Hall–Kier alpha value is 2.51. The molecule has 24 N–H and O–H groups in total. The molecule has 0 atom stereocenters. The smallest absolute Gasteiger partial charge is 0.128 e. The molecule has 0 amide bonds. The van der Waals surface area contributed by atoms with Gasteiger partial charge in [-0.15, -0.1) is 0 Å². The van der Waals surface area contributed by atoms with E-state index < -0.39 is 0 Å². The average Bonchev–Trinajstić information content (AvgIpc) is 2.28. The summed E-state index contributed by atoms with van der Waals surface area (Å²) in [6.07, 6.45) is 0. The van der Waals surface area contributed by atoms with Crippen molar-refractivity contribution in [1.29, 1.82) is 0 Å². The summed E-state index contributed by atoms with van der Waals surface area (Å²) in [5.74, 6) is 0. The molecule has 0 aliphatic heterocycles. The normalized spacial score (nSPS) is 2.64. The molecule has 0 saturated carbocycles. The average molecular weight is 1510 g/mol. The predicted molar refractivity (Wildman–Crippen MR) is 103 cm³/mol. The van der Waals surface area contributed by atoms with E-state index in [0.717, 1.165) is 22.7 Å². The molecule has 0 aliphatic rings. The standard InChI is InChI=1S/2C6H8N2.8Mo.6H2O.26O/c2*7-5-1-2-6(8)4-3-5;;;;;;;;;;;;;;;;;;;;;;;;;;;;;;;;;;;;;;;;/h2*1-4H,7-8H2;;;;;;;;;6*1H2;;;;;;;;;;;;;;;;;;;;;;;;;;/q;;;;;;;;;;;;;;;;26*-2/p+4. The van der Waals surface area contributed by atoms with E-state index in [1.807, 2.05) is 48.5 Å². The maximum Gasteiger partial charge on any atom is 0.128 e. The molecular weight excluding hydrogens is 1480 g/mol. The topological polar surface area (TPSA) is 1040 Å². The molecule has 0 radical (unpaired) electrons. The van der Waals surface area contributed by atoms with Crippen molar-refractivity contribution >= 4 is 22.7 Å². The second-order valence-corrected chi connectivity index (χ2v) is 3.63. The van der Waals surface area contributed by atoms with Gasteiger partial charge in [-0.25, -0.2) is 0 Å². The maximum absolute atomic E-state index is 3.73. The van der Waals surface area contributed by atoms with E-state index in [9.17, 15) is 0 Å². The van der Waals surface area contributed by atoms with Crippen LogP contribution in [0.3, 0.4) is 0 Å². The van der Waals surface area contributed by atoms with Gasteiger partial charge < -0.3 is 198 Å². The fourth-order valence-corrected chi connectivity index (χ4v) is 1.08. The number of benzene rings is 2. The first-order chi connectivity index (χ1) is 7.58. The second kappa shape index (κ2) is 362. The van der Waals surface area contributed by atoms with Crippen molar-refractivity contribution in [3.63, 3.8) is 0 Å².